The van der Waals surface area contributed by atoms with E-state index in [2.05, 4.69) is 37.0 Å². The molecule has 3 unspecified atom stereocenters. The van der Waals surface area contributed by atoms with Crippen molar-refractivity contribution in [3.63, 3.8) is 0 Å². The Labute approximate surface area is 98.9 Å². The van der Waals surface area contributed by atoms with Crippen molar-refractivity contribution in [2.75, 3.05) is 0 Å². The summed E-state index contributed by atoms with van der Waals surface area (Å²) in [4.78, 5) is 4.49. The SMILES string of the molecule is CC/C=C\C=C(/C)C1CCCC1C(C)OO. The van der Waals surface area contributed by atoms with Gasteiger partial charge < -0.3 is 0 Å². The molecule has 16 heavy (non-hydrogen) atoms. The summed E-state index contributed by atoms with van der Waals surface area (Å²) in [7, 11) is 0. The molecule has 0 spiro atoms. The first-order chi connectivity index (χ1) is 7.70. The van der Waals surface area contributed by atoms with Crippen LogP contribution < -0.4 is 0 Å². The second-order valence-corrected chi connectivity index (χ2v) is 4.76. The van der Waals surface area contributed by atoms with Gasteiger partial charge in [-0.25, -0.2) is 4.89 Å². The van der Waals surface area contributed by atoms with Gasteiger partial charge in [0.25, 0.3) is 0 Å². The highest BCUT2D eigenvalue weighted by atomic mass is 17.1. The van der Waals surface area contributed by atoms with Gasteiger partial charge in [0.15, 0.2) is 0 Å². The molecule has 2 heteroatoms. The summed E-state index contributed by atoms with van der Waals surface area (Å²) in [6, 6.07) is 0. The van der Waals surface area contributed by atoms with Crippen LogP contribution in [0.2, 0.25) is 0 Å². The minimum absolute atomic E-state index is 0.0500. The van der Waals surface area contributed by atoms with E-state index in [4.69, 9.17) is 5.26 Å². The first-order valence-electron chi connectivity index (χ1n) is 6.34. The van der Waals surface area contributed by atoms with Gasteiger partial charge >= 0.3 is 0 Å². The van der Waals surface area contributed by atoms with E-state index in [9.17, 15) is 0 Å². The van der Waals surface area contributed by atoms with Gasteiger partial charge in [-0.15, -0.1) is 0 Å². The minimum Gasteiger partial charge on any atom is -0.252 e. The highest BCUT2D eigenvalue weighted by Gasteiger charge is 2.32. The zero-order valence-electron chi connectivity index (χ0n) is 10.6. The van der Waals surface area contributed by atoms with Gasteiger partial charge in [0, 0.05) is 0 Å². The van der Waals surface area contributed by atoms with Crippen LogP contribution in [0.5, 0.6) is 0 Å². The van der Waals surface area contributed by atoms with E-state index in [1.807, 2.05) is 6.92 Å². The third kappa shape index (κ3) is 3.46. The van der Waals surface area contributed by atoms with Crippen molar-refractivity contribution in [1.82, 2.24) is 0 Å². The normalized spacial score (nSPS) is 28.9. The van der Waals surface area contributed by atoms with Gasteiger partial charge in [-0.05, 0) is 44.9 Å². The molecule has 0 aliphatic heterocycles. The molecule has 92 valence electrons. The molecule has 0 amide bonds. The number of hydrogen-bond acceptors (Lipinski definition) is 2. The Balaban J connectivity index is 2.63. The average molecular weight is 224 g/mol. The summed E-state index contributed by atoms with van der Waals surface area (Å²) in [5, 5.41) is 8.78. The van der Waals surface area contributed by atoms with Crippen LogP contribution in [-0.2, 0) is 4.89 Å². The molecule has 0 aromatic heterocycles. The minimum atomic E-state index is -0.0500. The predicted octanol–water partition coefficient (Wildman–Crippen LogP) is 4.19. The van der Waals surface area contributed by atoms with E-state index in [0.29, 0.717) is 11.8 Å². The van der Waals surface area contributed by atoms with Crippen LogP contribution in [0.3, 0.4) is 0 Å². The Bertz CT molecular complexity index is 255. The monoisotopic (exact) mass is 224 g/mol. The fourth-order valence-corrected chi connectivity index (χ4v) is 2.67. The highest BCUT2D eigenvalue weighted by Crippen LogP contribution is 2.39. The van der Waals surface area contributed by atoms with E-state index < -0.39 is 0 Å². The smallest absolute Gasteiger partial charge is 0.0933 e. The first kappa shape index (κ1) is 13.5. The summed E-state index contributed by atoms with van der Waals surface area (Å²) in [6.07, 6.45) is 11.2. The van der Waals surface area contributed by atoms with Gasteiger partial charge in [0.2, 0.25) is 0 Å². The van der Waals surface area contributed by atoms with Gasteiger partial charge in [-0.3, -0.25) is 5.26 Å². The van der Waals surface area contributed by atoms with Crippen molar-refractivity contribution in [2.24, 2.45) is 11.8 Å². The largest absolute Gasteiger partial charge is 0.252 e. The fourth-order valence-electron chi connectivity index (χ4n) is 2.67. The fraction of sp³-hybridized carbons (Fsp3) is 0.714. The summed E-state index contributed by atoms with van der Waals surface area (Å²) in [6.45, 7) is 6.28. The molecule has 1 saturated carbocycles. The Hall–Kier alpha value is -0.600. The molecule has 1 aliphatic rings. The number of rotatable bonds is 5. The van der Waals surface area contributed by atoms with E-state index in [-0.39, 0.29) is 6.10 Å². The van der Waals surface area contributed by atoms with E-state index >= 15 is 0 Å². The first-order valence-corrected chi connectivity index (χ1v) is 6.34. The van der Waals surface area contributed by atoms with Crippen molar-refractivity contribution >= 4 is 0 Å². The molecule has 1 aliphatic carbocycles. The quantitative estimate of drug-likeness (QED) is 0.431. The van der Waals surface area contributed by atoms with Crippen LogP contribution in [0.15, 0.2) is 23.8 Å². The number of allylic oxidation sites excluding steroid dienone is 4. The Morgan fingerprint density at radius 3 is 2.88 bits per heavy atom. The van der Waals surface area contributed by atoms with E-state index in [1.54, 1.807) is 0 Å². The summed E-state index contributed by atoms with van der Waals surface area (Å²) < 4.78 is 0. The number of hydrogen-bond donors (Lipinski definition) is 1. The van der Waals surface area contributed by atoms with Crippen LogP contribution in [0, 0.1) is 11.8 Å². The van der Waals surface area contributed by atoms with Crippen molar-refractivity contribution in [3.05, 3.63) is 23.8 Å². The van der Waals surface area contributed by atoms with Gasteiger partial charge in [-0.1, -0.05) is 37.1 Å². The second kappa shape index (κ2) is 6.87. The van der Waals surface area contributed by atoms with Crippen LogP contribution in [0.25, 0.3) is 0 Å². The van der Waals surface area contributed by atoms with Crippen LogP contribution >= 0.6 is 0 Å². The molecule has 1 fully saturated rings. The average Bonchev–Trinajstić information content (AvgIpc) is 2.77. The third-order valence-corrected chi connectivity index (χ3v) is 3.65. The molecule has 0 bridgehead atoms. The molecule has 0 saturated heterocycles. The van der Waals surface area contributed by atoms with E-state index in [1.165, 1.54) is 18.4 Å². The van der Waals surface area contributed by atoms with Crippen LogP contribution in [0.4, 0.5) is 0 Å². The van der Waals surface area contributed by atoms with Crippen LogP contribution in [0.1, 0.15) is 46.5 Å². The molecule has 2 nitrogen and oxygen atoms in total. The lowest BCUT2D eigenvalue weighted by atomic mass is 9.86. The molecule has 0 aromatic carbocycles. The molecule has 0 heterocycles. The lowest BCUT2D eigenvalue weighted by Gasteiger charge is -2.24. The summed E-state index contributed by atoms with van der Waals surface area (Å²) in [5.41, 5.74) is 1.41. The maximum absolute atomic E-state index is 8.78. The van der Waals surface area contributed by atoms with Gasteiger partial charge in [0.05, 0.1) is 6.10 Å². The van der Waals surface area contributed by atoms with Gasteiger partial charge in [0.1, 0.15) is 0 Å². The van der Waals surface area contributed by atoms with Crippen molar-refractivity contribution in [1.29, 1.82) is 0 Å². The molecule has 1 N–H and O–H groups in total. The zero-order chi connectivity index (χ0) is 12.0. The molecule has 0 radical (unpaired) electrons. The summed E-state index contributed by atoms with van der Waals surface area (Å²) in [5.74, 6) is 1.04. The van der Waals surface area contributed by atoms with Crippen molar-refractivity contribution in [3.8, 4) is 0 Å². The zero-order valence-corrected chi connectivity index (χ0v) is 10.6. The topological polar surface area (TPSA) is 29.5 Å². The predicted molar refractivity (Wildman–Crippen MR) is 67.2 cm³/mol. The van der Waals surface area contributed by atoms with Crippen molar-refractivity contribution in [2.45, 2.75) is 52.6 Å². The van der Waals surface area contributed by atoms with Gasteiger partial charge in [-0.2, -0.15) is 0 Å². The van der Waals surface area contributed by atoms with Crippen LogP contribution in [-0.4, -0.2) is 11.4 Å². The third-order valence-electron chi connectivity index (χ3n) is 3.65. The molecule has 1 rings (SSSR count). The molecular formula is C14H24O2. The maximum atomic E-state index is 8.78. The Morgan fingerprint density at radius 1 is 1.50 bits per heavy atom. The lowest BCUT2D eigenvalue weighted by molar-refractivity contribution is -0.286. The molecular weight excluding hydrogens is 200 g/mol. The highest BCUT2D eigenvalue weighted by molar-refractivity contribution is 5.15. The Kier molecular flexibility index (Phi) is 5.78. The molecule has 0 aromatic rings. The van der Waals surface area contributed by atoms with Crippen molar-refractivity contribution < 1.29 is 10.1 Å². The second-order valence-electron chi connectivity index (χ2n) is 4.76. The Morgan fingerprint density at radius 2 is 2.25 bits per heavy atom. The molecule has 3 atom stereocenters. The lowest BCUT2D eigenvalue weighted by Crippen LogP contribution is -2.23. The van der Waals surface area contributed by atoms with E-state index in [0.717, 1.165) is 12.8 Å². The summed E-state index contributed by atoms with van der Waals surface area (Å²) >= 11 is 0. The maximum Gasteiger partial charge on any atom is 0.0933 e. The standard InChI is InChI=1S/C14H24O2/c1-4-5-6-8-11(2)13-9-7-10-14(13)12(3)16-15/h5-6,8,12-15H,4,7,9-10H2,1-3H3/b6-5-,11-8+.